The van der Waals surface area contributed by atoms with E-state index in [2.05, 4.69) is 10.6 Å². The first-order chi connectivity index (χ1) is 9.97. The van der Waals surface area contributed by atoms with Gasteiger partial charge in [0.2, 0.25) is 17.7 Å². The summed E-state index contributed by atoms with van der Waals surface area (Å²) in [4.78, 5) is 36.4. The fourth-order valence-electron chi connectivity index (χ4n) is 2.11. The van der Waals surface area contributed by atoms with Gasteiger partial charge in [-0.25, -0.2) is 0 Å². The lowest BCUT2D eigenvalue weighted by atomic mass is 10.2. The summed E-state index contributed by atoms with van der Waals surface area (Å²) in [5.74, 6) is -0.749. The van der Waals surface area contributed by atoms with E-state index in [1.165, 1.54) is 11.9 Å². The van der Waals surface area contributed by atoms with Crippen LogP contribution in [0.1, 0.15) is 12.8 Å². The number of halogens is 1. The molecule has 1 atom stereocenters. The van der Waals surface area contributed by atoms with Gasteiger partial charge in [-0.2, -0.15) is 0 Å². The largest absolute Gasteiger partial charge is 0.344 e. The molecule has 6 nitrogen and oxygen atoms in total. The van der Waals surface area contributed by atoms with E-state index in [4.69, 9.17) is 11.6 Å². The second kappa shape index (κ2) is 6.58. The molecule has 2 N–H and O–H groups in total. The summed E-state index contributed by atoms with van der Waals surface area (Å²) in [6.45, 7) is -0.101. The van der Waals surface area contributed by atoms with Crippen molar-refractivity contribution >= 4 is 35.0 Å². The summed E-state index contributed by atoms with van der Waals surface area (Å²) < 4.78 is 0. The number of hydrogen-bond acceptors (Lipinski definition) is 3. The van der Waals surface area contributed by atoms with Crippen LogP contribution >= 0.6 is 11.6 Å². The Hall–Kier alpha value is -2.08. The van der Waals surface area contributed by atoms with Gasteiger partial charge in [-0.1, -0.05) is 23.7 Å². The zero-order valence-electron chi connectivity index (χ0n) is 11.6. The van der Waals surface area contributed by atoms with E-state index in [1.54, 1.807) is 24.3 Å². The molecule has 7 heteroatoms. The van der Waals surface area contributed by atoms with Crippen molar-refractivity contribution in [3.05, 3.63) is 29.3 Å². The number of hydrogen-bond donors (Lipinski definition) is 2. The number of likely N-dealkylation sites (N-methyl/N-ethyl adjacent to an activating group) is 1. The van der Waals surface area contributed by atoms with Crippen molar-refractivity contribution in [2.75, 3.05) is 18.9 Å². The fourth-order valence-corrected chi connectivity index (χ4v) is 2.29. The van der Waals surface area contributed by atoms with E-state index in [0.717, 1.165) is 0 Å². The van der Waals surface area contributed by atoms with Crippen LogP contribution in [0.3, 0.4) is 0 Å². The number of carbonyl (C=O) groups excluding carboxylic acids is 3. The summed E-state index contributed by atoms with van der Waals surface area (Å²) in [5, 5.41) is 5.66. The van der Waals surface area contributed by atoms with Gasteiger partial charge in [0, 0.05) is 13.5 Å². The molecule has 0 unspecified atom stereocenters. The number of amides is 3. The molecule has 1 aromatic carbocycles. The third kappa shape index (κ3) is 3.95. The maximum absolute atomic E-state index is 12.1. The highest BCUT2D eigenvalue weighted by Gasteiger charge is 2.29. The molecule has 2 rings (SSSR count). The fraction of sp³-hybridized carbons (Fsp3) is 0.357. The normalized spacial score (nSPS) is 17.2. The molecule has 0 saturated carbocycles. The number of nitrogens with one attached hydrogen (secondary N) is 2. The van der Waals surface area contributed by atoms with Gasteiger partial charge in [0.15, 0.2) is 0 Å². The van der Waals surface area contributed by atoms with Crippen molar-refractivity contribution in [3.8, 4) is 0 Å². The van der Waals surface area contributed by atoms with E-state index in [-0.39, 0.29) is 24.3 Å². The Balaban J connectivity index is 1.89. The number of anilines is 1. The molecule has 0 spiro atoms. The van der Waals surface area contributed by atoms with Crippen molar-refractivity contribution in [3.63, 3.8) is 0 Å². The van der Waals surface area contributed by atoms with E-state index in [9.17, 15) is 14.4 Å². The molecule has 0 aliphatic carbocycles. The van der Waals surface area contributed by atoms with Gasteiger partial charge in [-0.15, -0.1) is 0 Å². The summed E-state index contributed by atoms with van der Waals surface area (Å²) in [6, 6.07) is 6.33. The van der Waals surface area contributed by atoms with Crippen molar-refractivity contribution in [1.82, 2.24) is 10.2 Å². The summed E-state index contributed by atoms with van der Waals surface area (Å²) in [7, 11) is 1.53. The minimum absolute atomic E-state index is 0.101. The van der Waals surface area contributed by atoms with Crippen LogP contribution in [-0.2, 0) is 14.4 Å². The minimum Gasteiger partial charge on any atom is -0.344 e. The molecule has 112 valence electrons. The smallest absolute Gasteiger partial charge is 0.245 e. The topological polar surface area (TPSA) is 78.5 Å². The van der Waals surface area contributed by atoms with Crippen molar-refractivity contribution in [2.24, 2.45) is 0 Å². The SMILES string of the molecule is CN(CC(=O)Nc1ccccc1Cl)C(=O)[C@@H]1CCC(=O)N1. The molecule has 1 fully saturated rings. The second-order valence-electron chi connectivity index (χ2n) is 4.88. The molecule has 0 bridgehead atoms. The first-order valence-corrected chi connectivity index (χ1v) is 6.94. The number of rotatable bonds is 4. The van der Waals surface area contributed by atoms with E-state index in [1.807, 2.05) is 0 Å². The molecular formula is C14H16ClN3O3. The van der Waals surface area contributed by atoms with Crippen LogP contribution in [0.4, 0.5) is 5.69 Å². The van der Waals surface area contributed by atoms with Gasteiger partial charge in [-0.05, 0) is 18.6 Å². The van der Waals surface area contributed by atoms with Crippen molar-refractivity contribution in [1.29, 1.82) is 0 Å². The monoisotopic (exact) mass is 309 g/mol. The summed E-state index contributed by atoms with van der Waals surface area (Å²) in [5.41, 5.74) is 0.499. The molecule has 1 heterocycles. The molecular weight excluding hydrogens is 294 g/mol. The summed E-state index contributed by atoms with van der Waals surface area (Å²) in [6.07, 6.45) is 0.810. The standard InChI is InChI=1S/C14H16ClN3O3/c1-18(14(21)11-6-7-12(19)17-11)8-13(20)16-10-5-3-2-4-9(10)15/h2-5,11H,6-8H2,1H3,(H,16,20)(H,17,19)/t11-/m0/s1. The Bertz CT molecular complexity index is 576. The zero-order valence-corrected chi connectivity index (χ0v) is 12.3. The minimum atomic E-state index is -0.532. The lowest BCUT2D eigenvalue weighted by molar-refractivity contribution is -0.135. The number of para-hydroxylation sites is 1. The average molecular weight is 310 g/mol. The third-order valence-corrected chi connectivity index (χ3v) is 3.53. The quantitative estimate of drug-likeness (QED) is 0.871. The lowest BCUT2D eigenvalue weighted by Gasteiger charge is -2.20. The van der Waals surface area contributed by atoms with Gasteiger partial charge in [-0.3, -0.25) is 14.4 Å². The van der Waals surface area contributed by atoms with Gasteiger partial charge in [0.05, 0.1) is 17.3 Å². The Kier molecular flexibility index (Phi) is 4.80. The van der Waals surface area contributed by atoms with Gasteiger partial charge in [0.25, 0.3) is 0 Å². The van der Waals surface area contributed by atoms with Gasteiger partial charge in [0.1, 0.15) is 6.04 Å². The van der Waals surface area contributed by atoms with Crippen molar-refractivity contribution < 1.29 is 14.4 Å². The average Bonchev–Trinajstić information content (AvgIpc) is 2.87. The van der Waals surface area contributed by atoms with E-state index < -0.39 is 6.04 Å². The number of carbonyl (C=O) groups is 3. The second-order valence-corrected chi connectivity index (χ2v) is 5.29. The van der Waals surface area contributed by atoms with Crippen LogP contribution in [0, 0.1) is 0 Å². The molecule has 1 aromatic rings. The maximum Gasteiger partial charge on any atom is 0.245 e. The highest BCUT2D eigenvalue weighted by molar-refractivity contribution is 6.33. The van der Waals surface area contributed by atoms with Crippen LogP contribution in [0.2, 0.25) is 5.02 Å². The molecule has 1 saturated heterocycles. The first kappa shape index (κ1) is 15.3. The van der Waals surface area contributed by atoms with E-state index >= 15 is 0 Å². The highest BCUT2D eigenvalue weighted by Crippen LogP contribution is 2.20. The molecule has 1 aliphatic heterocycles. The zero-order chi connectivity index (χ0) is 15.4. The third-order valence-electron chi connectivity index (χ3n) is 3.20. The van der Waals surface area contributed by atoms with Gasteiger partial charge < -0.3 is 15.5 Å². The lowest BCUT2D eigenvalue weighted by Crippen LogP contribution is -2.45. The predicted molar refractivity (Wildman–Crippen MR) is 78.9 cm³/mol. The van der Waals surface area contributed by atoms with Crippen LogP contribution < -0.4 is 10.6 Å². The maximum atomic E-state index is 12.1. The highest BCUT2D eigenvalue weighted by atomic mass is 35.5. The van der Waals surface area contributed by atoms with E-state index in [0.29, 0.717) is 23.6 Å². The summed E-state index contributed by atoms with van der Waals surface area (Å²) >= 11 is 5.94. The van der Waals surface area contributed by atoms with Crippen molar-refractivity contribution in [2.45, 2.75) is 18.9 Å². The number of nitrogens with zero attached hydrogens (tertiary/aromatic N) is 1. The molecule has 0 radical (unpaired) electrons. The van der Waals surface area contributed by atoms with Crippen LogP contribution in [0.25, 0.3) is 0 Å². The number of benzene rings is 1. The predicted octanol–water partition coefficient (Wildman–Crippen LogP) is 1.02. The molecule has 1 aliphatic rings. The van der Waals surface area contributed by atoms with Crippen LogP contribution in [0.5, 0.6) is 0 Å². The van der Waals surface area contributed by atoms with Crippen LogP contribution in [-0.4, -0.2) is 42.3 Å². The molecule has 21 heavy (non-hydrogen) atoms. The molecule has 0 aromatic heterocycles. The Morgan fingerprint density at radius 3 is 2.76 bits per heavy atom. The van der Waals surface area contributed by atoms with Crippen LogP contribution in [0.15, 0.2) is 24.3 Å². The van der Waals surface area contributed by atoms with Gasteiger partial charge >= 0.3 is 0 Å². The first-order valence-electron chi connectivity index (χ1n) is 6.56. The molecule has 3 amide bonds. The Morgan fingerprint density at radius 1 is 1.43 bits per heavy atom. The Morgan fingerprint density at radius 2 is 2.14 bits per heavy atom. The Labute approximate surface area is 127 Å².